The molecule has 0 saturated carbocycles. The van der Waals surface area contributed by atoms with Crippen molar-refractivity contribution in [3.63, 3.8) is 0 Å². The Labute approximate surface area is 115 Å². The van der Waals surface area contributed by atoms with Crippen LogP contribution < -0.4 is 10.6 Å². The molecule has 5 heteroatoms. The molecular formula is C13H14ClFN2S. The average Bonchev–Trinajstić information content (AvgIpc) is 2.73. The highest BCUT2D eigenvalue weighted by Gasteiger charge is 2.07. The van der Waals surface area contributed by atoms with E-state index in [1.807, 2.05) is 30.1 Å². The topological polar surface area (TPSA) is 29.3 Å². The van der Waals surface area contributed by atoms with Gasteiger partial charge in [0.1, 0.15) is 5.82 Å². The third-order valence-corrected chi connectivity index (χ3v) is 3.86. The quantitative estimate of drug-likeness (QED) is 0.929. The van der Waals surface area contributed by atoms with Crippen LogP contribution in [-0.4, -0.2) is 7.05 Å². The molecule has 1 aromatic heterocycles. The van der Waals surface area contributed by atoms with E-state index in [2.05, 4.69) is 0 Å². The molecule has 0 fully saturated rings. The van der Waals surface area contributed by atoms with Crippen LogP contribution in [0.25, 0.3) is 0 Å². The Bertz CT molecular complexity index is 542. The highest BCUT2D eigenvalue weighted by molar-refractivity contribution is 7.16. The molecule has 18 heavy (non-hydrogen) atoms. The first-order valence-corrected chi connectivity index (χ1v) is 6.73. The van der Waals surface area contributed by atoms with Crippen molar-refractivity contribution in [3.05, 3.63) is 50.9 Å². The van der Waals surface area contributed by atoms with Crippen LogP contribution >= 0.6 is 22.9 Å². The number of halogens is 2. The molecule has 0 unspecified atom stereocenters. The van der Waals surface area contributed by atoms with Gasteiger partial charge in [0.25, 0.3) is 0 Å². The SMILES string of the molecule is CN(Cc1ccc(Cl)s1)c1cc(F)cc(CN)c1. The van der Waals surface area contributed by atoms with Crippen molar-refractivity contribution < 1.29 is 4.39 Å². The van der Waals surface area contributed by atoms with Crippen molar-refractivity contribution >= 4 is 28.6 Å². The van der Waals surface area contributed by atoms with E-state index in [0.717, 1.165) is 20.5 Å². The minimum atomic E-state index is -0.260. The van der Waals surface area contributed by atoms with Crippen LogP contribution in [0.2, 0.25) is 4.34 Å². The lowest BCUT2D eigenvalue weighted by atomic mass is 10.2. The van der Waals surface area contributed by atoms with E-state index < -0.39 is 0 Å². The van der Waals surface area contributed by atoms with Crippen LogP contribution in [0.3, 0.4) is 0 Å². The van der Waals surface area contributed by atoms with Gasteiger partial charge in [0.05, 0.1) is 10.9 Å². The second-order valence-corrected chi connectivity index (χ2v) is 5.88. The number of hydrogen-bond donors (Lipinski definition) is 1. The Kier molecular flexibility index (Phi) is 4.22. The first-order chi connectivity index (χ1) is 8.58. The summed E-state index contributed by atoms with van der Waals surface area (Å²) in [5, 5.41) is 0. The van der Waals surface area contributed by atoms with Gasteiger partial charge in [-0.25, -0.2) is 4.39 Å². The van der Waals surface area contributed by atoms with Crippen molar-refractivity contribution in [1.29, 1.82) is 0 Å². The standard InChI is InChI=1S/C13H14ClFN2S/c1-17(8-12-2-3-13(14)18-12)11-5-9(7-16)4-10(15)6-11/h2-6H,7-8,16H2,1H3. The maximum absolute atomic E-state index is 13.4. The van der Waals surface area contributed by atoms with Crippen LogP contribution in [0.5, 0.6) is 0 Å². The third-order valence-electron chi connectivity index (χ3n) is 2.64. The number of thiophene rings is 1. The molecule has 0 amide bonds. The minimum Gasteiger partial charge on any atom is -0.369 e. The van der Waals surface area contributed by atoms with E-state index in [1.165, 1.54) is 23.5 Å². The van der Waals surface area contributed by atoms with Gasteiger partial charge in [-0.05, 0) is 35.9 Å². The fraction of sp³-hybridized carbons (Fsp3) is 0.231. The van der Waals surface area contributed by atoms with E-state index in [0.29, 0.717) is 13.1 Å². The Hall–Kier alpha value is -1.10. The summed E-state index contributed by atoms with van der Waals surface area (Å²) in [6.07, 6.45) is 0. The number of benzene rings is 1. The fourth-order valence-electron chi connectivity index (χ4n) is 1.73. The molecular weight excluding hydrogens is 271 g/mol. The number of nitrogens with two attached hydrogens (primary N) is 1. The molecule has 96 valence electrons. The molecule has 0 spiro atoms. The summed E-state index contributed by atoms with van der Waals surface area (Å²) in [6, 6.07) is 8.71. The summed E-state index contributed by atoms with van der Waals surface area (Å²) < 4.78 is 14.2. The molecule has 0 radical (unpaired) electrons. The molecule has 0 atom stereocenters. The van der Waals surface area contributed by atoms with Crippen molar-refractivity contribution in [2.24, 2.45) is 5.73 Å². The van der Waals surface area contributed by atoms with Crippen LogP contribution in [-0.2, 0) is 13.1 Å². The van der Waals surface area contributed by atoms with E-state index >= 15 is 0 Å². The van der Waals surface area contributed by atoms with Gasteiger partial charge < -0.3 is 10.6 Å². The largest absolute Gasteiger partial charge is 0.369 e. The Morgan fingerprint density at radius 2 is 2.11 bits per heavy atom. The molecule has 0 saturated heterocycles. The zero-order chi connectivity index (χ0) is 13.1. The maximum atomic E-state index is 13.4. The van der Waals surface area contributed by atoms with Crippen molar-refractivity contribution in [1.82, 2.24) is 0 Å². The molecule has 0 aliphatic carbocycles. The monoisotopic (exact) mass is 284 g/mol. The average molecular weight is 285 g/mol. The minimum absolute atomic E-state index is 0.260. The lowest BCUT2D eigenvalue weighted by molar-refractivity contribution is 0.624. The smallest absolute Gasteiger partial charge is 0.125 e. The van der Waals surface area contributed by atoms with Crippen molar-refractivity contribution in [2.75, 3.05) is 11.9 Å². The normalized spacial score (nSPS) is 10.7. The Balaban J connectivity index is 2.17. The molecule has 0 aliphatic heterocycles. The molecule has 0 aliphatic rings. The second kappa shape index (κ2) is 5.69. The summed E-state index contributed by atoms with van der Waals surface area (Å²) in [6.45, 7) is 1.04. The molecule has 1 aromatic carbocycles. The highest BCUT2D eigenvalue weighted by atomic mass is 35.5. The zero-order valence-electron chi connectivity index (χ0n) is 9.99. The number of anilines is 1. The predicted molar refractivity (Wildman–Crippen MR) is 75.7 cm³/mol. The van der Waals surface area contributed by atoms with Crippen LogP contribution in [0.1, 0.15) is 10.4 Å². The first kappa shape index (κ1) is 13.3. The predicted octanol–water partition coefficient (Wildman–Crippen LogP) is 3.64. The number of hydrogen-bond acceptors (Lipinski definition) is 3. The van der Waals surface area contributed by atoms with Gasteiger partial charge in [0.15, 0.2) is 0 Å². The Morgan fingerprint density at radius 3 is 2.72 bits per heavy atom. The van der Waals surface area contributed by atoms with Gasteiger partial charge in [0.2, 0.25) is 0 Å². The van der Waals surface area contributed by atoms with Crippen molar-refractivity contribution in [2.45, 2.75) is 13.1 Å². The molecule has 0 bridgehead atoms. The maximum Gasteiger partial charge on any atom is 0.125 e. The molecule has 2 rings (SSSR count). The summed E-state index contributed by atoms with van der Waals surface area (Å²) >= 11 is 7.42. The summed E-state index contributed by atoms with van der Waals surface area (Å²) in [4.78, 5) is 3.12. The van der Waals surface area contributed by atoms with E-state index in [4.69, 9.17) is 17.3 Å². The highest BCUT2D eigenvalue weighted by Crippen LogP contribution is 2.25. The van der Waals surface area contributed by atoms with Gasteiger partial charge in [0, 0.05) is 24.2 Å². The van der Waals surface area contributed by atoms with Crippen LogP contribution in [0.15, 0.2) is 30.3 Å². The van der Waals surface area contributed by atoms with Gasteiger partial charge in [-0.3, -0.25) is 0 Å². The third kappa shape index (κ3) is 3.22. The molecule has 1 heterocycles. The van der Waals surface area contributed by atoms with Crippen molar-refractivity contribution in [3.8, 4) is 0 Å². The van der Waals surface area contributed by atoms with E-state index in [9.17, 15) is 4.39 Å². The van der Waals surface area contributed by atoms with E-state index in [1.54, 1.807) is 0 Å². The van der Waals surface area contributed by atoms with Gasteiger partial charge in [-0.2, -0.15) is 0 Å². The lowest BCUT2D eigenvalue weighted by Crippen LogP contribution is -2.16. The van der Waals surface area contributed by atoms with Gasteiger partial charge in [-0.1, -0.05) is 11.6 Å². The molecule has 2 aromatic rings. The fourth-order valence-corrected chi connectivity index (χ4v) is 2.87. The Morgan fingerprint density at radius 1 is 1.33 bits per heavy atom. The lowest BCUT2D eigenvalue weighted by Gasteiger charge is -2.19. The van der Waals surface area contributed by atoms with Gasteiger partial charge >= 0.3 is 0 Å². The van der Waals surface area contributed by atoms with E-state index in [-0.39, 0.29) is 5.82 Å². The molecule has 2 nitrogen and oxygen atoms in total. The first-order valence-electron chi connectivity index (χ1n) is 5.53. The number of rotatable bonds is 4. The van der Waals surface area contributed by atoms with Crippen LogP contribution in [0, 0.1) is 5.82 Å². The summed E-state index contributed by atoms with van der Waals surface area (Å²) in [5.74, 6) is -0.260. The van der Waals surface area contributed by atoms with Crippen LogP contribution in [0.4, 0.5) is 10.1 Å². The second-order valence-electron chi connectivity index (χ2n) is 4.08. The summed E-state index contributed by atoms with van der Waals surface area (Å²) in [5.41, 5.74) is 7.16. The zero-order valence-corrected chi connectivity index (χ0v) is 11.6. The molecule has 2 N–H and O–H groups in total. The number of nitrogens with zero attached hydrogens (tertiary/aromatic N) is 1. The summed E-state index contributed by atoms with van der Waals surface area (Å²) in [7, 11) is 1.92. The van der Waals surface area contributed by atoms with Gasteiger partial charge in [-0.15, -0.1) is 11.3 Å².